The predicted octanol–water partition coefficient (Wildman–Crippen LogP) is 19.7. The first-order valence-corrected chi connectivity index (χ1v) is 88.8. The molecule has 0 bridgehead atoms. The van der Waals surface area contributed by atoms with Crippen LogP contribution in [-0.2, 0) is 67.7 Å². The van der Waals surface area contributed by atoms with E-state index in [0.717, 1.165) is 38.1 Å². The predicted molar refractivity (Wildman–Crippen MR) is 427 cm³/mol. The zero-order valence-corrected chi connectivity index (χ0v) is 84.6. The summed E-state index contributed by atoms with van der Waals surface area (Å²) in [6.45, 7) is 100. The Hall–Kier alpha value is 3.26. The largest absolute Gasteiger partial charge is 0.476 e. The van der Waals surface area contributed by atoms with Gasteiger partial charge in [0.15, 0.2) is 99.8 Å². The number of rotatable bonds is 40. The van der Waals surface area contributed by atoms with Gasteiger partial charge in [0.25, 0.3) is 0 Å². The molecule has 16 nitrogen and oxygen atoms in total. The molecule has 0 fully saturated rings. The minimum atomic E-state index is -2.72. The molecule has 0 aromatic rings. The lowest BCUT2D eigenvalue weighted by atomic mass is 10.5. The molecule has 0 unspecified atom stereocenters. The number of hydrogen-bond acceptors (Lipinski definition) is 16. The molecule has 0 radical (unpaired) electrons. The van der Waals surface area contributed by atoms with Crippen molar-refractivity contribution in [2.75, 3.05) is 39.6 Å². The van der Waals surface area contributed by atoms with Crippen LogP contribution in [0.25, 0.3) is 0 Å². The van der Waals surface area contributed by atoms with E-state index in [2.05, 4.69) is 275 Å². The molecule has 0 spiro atoms. The third-order valence-corrected chi connectivity index (χ3v) is 63.4. The van der Waals surface area contributed by atoms with Crippen molar-refractivity contribution in [1.29, 1.82) is 0 Å². The molecule has 0 N–H and O–H groups in total. The smallest absolute Gasteiger partial charge is 0.437 e. The highest BCUT2D eigenvalue weighted by atomic mass is 28.5. The van der Waals surface area contributed by atoms with Gasteiger partial charge >= 0.3 is 51.9 Å². The van der Waals surface area contributed by atoms with E-state index < -0.39 is 152 Å². The fourth-order valence-electron chi connectivity index (χ4n) is 9.98. The van der Waals surface area contributed by atoms with Crippen LogP contribution in [0.4, 0.5) is 0 Å². The maximum Gasteiger partial charge on any atom is 0.476 e. The summed E-state index contributed by atoms with van der Waals surface area (Å²) in [5.74, 6) is 0. The van der Waals surface area contributed by atoms with E-state index in [0.29, 0.717) is 26.4 Å². The van der Waals surface area contributed by atoms with Crippen LogP contribution in [0.15, 0.2) is 0 Å². The summed E-state index contributed by atoms with van der Waals surface area (Å²) in [5, 5.41) is 0. The second-order valence-corrected chi connectivity index (χ2v) is 112. The molecule has 0 heterocycles. The number of ether oxygens (including phenoxy) is 2. The van der Waals surface area contributed by atoms with Crippen molar-refractivity contribution < 1.29 is 67.7 Å². The molecule has 0 rings (SSSR count). The Morgan fingerprint density at radius 1 is 0.170 bits per heavy atom. The van der Waals surface area contributed by atoms with Crippen LogP contribution in [-0.4, -0.2) is 191 Å². The summed E-state index contributed by atoms with van der Waals surface area (Å²) < 4.78 is 100. The fourth-order valence-corrected chi connectivity index (χ4v) is 80.4. The number of hydrogen-bond donors (Lipinski definition) is 0. The Morgan fingerprint density at radius 3 is 0.477 bits per heavy atom. The van der Waals surface area contributed by atoms with Gasteiger partial charge in [-0.15, -0.1) is 0 Å². The van der Waals surface area contributed by atoms with E-state index >= 15 is 0 Å². The summed E-state index contributed by atoms with van der Waals surface area (Å²) >= 11 is 0. The van der Waals surface area contributed by atoms with E-state index in [1.165, 1.54) is 0 Å². The molecule has 0 aromatic carbocycles. The van der Waals surface area contributed by atoms with Gasteiger partial charge in [0, 0.05) is 26.3 Å². The Kier molecular flexibility index (Phi) is 42.4. The van der Waals surface area contributed by atoms with Gasteiger partial charge in [0.1, 0.15) is 0 Å². The maximum absolute atomic E-state index is 6.56. The highest BCUT2D eigenvalue weighted by Gasteiger charge is 2.47. The summed E-state index contributed by atoms with van der Waals surface area (Å²) in [4.78, 5) is 0. The van der Waals surface area contributed by atoms with Crippen molar-refractivity contribution in [3.05, 3.63) is 0 Å². The van der Waals surface area contributed by atoms with Gasteiger partial charge < -0.3 is 67.7 Å². The molecule has 0 aliphatic heterocycles. The van der Waals surface area contributed by atoms with Gasteiger partial charge in [-0.3, -0.25) is 0 Å². The van der Waals surface area contributed by atoms with Crippen molar-refractivity contribution in [2.45, 2.75) is 313 Å². The molecule has 0 amide bonds. The van der Waals surface area contributed by atoms with Crippen LogP contribution in [0, 0.1) is 0 Å². The topological polar surface area (TPSA) is 148 Å². The van der Waals surface area contributed by atoms with Crippen LogP contribution in [0.5, 0.6) is 0 Å². The van der Waals surface area contributed by atoms with Gasteiger partial charge in [0.2, 0.25) is 0 Å². The van der Waals surface area contributed by atoms with Crippen LogP contribution in [0.2, 0.25) is 300 Å². The Labute approximate surface area is 567 Å². The monoisotopic (exact) mass is 1560 g/mol. The Morgan fingerprint density at radius 2 is 0.330 bits per heavy atom. The first-order chi connectivity index (χ1) is 37.9. The normalized spacial score (nSPS) is 14.9. The molecule has 34 heteroatoms. The quantitative estimate of drug-likeness (QED) is 0.0423. The van der Waals surface area contributed by atoms with Gasteiger partial charge in [-0.05, 0) is 300 Å². The molecule has 0 aliphatic carbocycles. The molecule has 0 saturated carbocycles. The average molecular weight is 1560 g/mol. The van der Waals surface area contributed by atoms with Crippen LogP contribution >= 0.6 is 0 Å². The van der Waals surface area contributed by atoms with Gasteiger partial charge in [-0.25, -0.2) is 0 Å². The summed E-state index contributed by atoms with van der Waals surface area (Å²) in [6.07, 6.45) is 1.95. The SMILES string of the molecule is C[Si](C)(C)O[Si](C)(C)O[Si](C)(C)C.C[Si](C)(C)O[Si](C)(C)O[Si](C)(C)C.C[Si](C)(C)O[Si](C)(CCCOCCOCCC[Si](C)(O[Si](C)(C)C)O[Si](C)(C)C)O[Si](C)(C)C.C[Si](C)(C)O[Si](C)(OCCO[Si](C)(O[Si](C)(C)C)O[Si](C)(C)C)O[Si](C)(C)C. The first-order valence-electron chi connectivity index (χ1n) is 32.7. The Balaban J connectivity index is -0.000000580. The molecule has 88 heavy (non-hydrogen) atoms. The highest BCUT2D eigenvalue weighted by Crippen LogP contribution is 2.29. The lowest BCUT2D eigenvalue weighted by Crippen LogP contribution is -2.56. The van der Waals surface area contributed by atoms with Crippen molar-refractivity contribution >= 4 is 152 Å². The Bertz CT molecular complexity index is 1650. The van der Waals surface area contributed by atoms with E-state index in [-0.39, 0.29) is 0 Å². The van der Waals surface area contributed by atoms with Crippen molar-refractivity contribution in [1.82, 2.24) is 0 Å². The van der Waals surface area contributed by atoms with E-state index in [4.69, 9.17) is 67.7 Å². The van der Waals surface area contributed by atoms with Gasteiger partial charge in [0.05, 0.1) is 26.4 Å². The standard InChI is InChI=1S/C22H58O6Si6.C16H46O6Si6.2C8H24O2Si3/c1-29(2,3)25-33(13,26-30(4,5)6)21-15-17-23-19-20-24-18-16-22-34(14,27-31(7,8)9)28-32(10,11)12;1-23(2,3)19-27(13,20-24(4,5)6)17-15-16-18-28(14,21-25(7,8)9)22-26(10,11)12;2*1-11(2,3)9-13(7,8)10-12(4,5)6/h15-22H2,1-14H3;15-16H2,1-14H3;2*1-8H3. The van der Waals surface area contributed by atoms with E-state index in [1.807, 2.05) is 13.1 Å². The lowest BCUT2D eigenvalue weighted by Gasteiger charge is -2.38. The van der Waals surface area contributed by atoms with Crippen molar-refractivity contribution in [2.24, 2.45) is 0 Å². The second kappa shape index (κ2) is 38.2. The van der Waals surface area contributed by atoms with Crippen molar-refractivity contribution in [3.63, 3.8) is 0 Å². The van der Waals surface area contributed by atoms with Gasteiger partial charge in [-0.2, -0.15) is 0 Å². The fraction of sp³-hybridized carbons (Fsp3) is 1.00. The molecule has 0 saturated heterocycles. The molecule has 536 valence electrons. The molecule has 0 atom stereocenters. The van der Waals surface area contributed by atoms with Crippen LogP contribution in [0.3, 0.4) is 0 Å². The average Bonchev–Trinajstić information content (AvgIpc) is 3.07. The molecule has 0 aliphatic rings. The third-order valence-electron chi connectivity index (χ3n) is 9.29. The maximum atomic E-state index is 6.56. The molecular weight excluding hydrogens is 1410 g/mol. The van der Waals surface area contributed by atoms with Crippen LogP contribution < -0.4 is 0 Å². The molecule has 0 aromatic heterocycles. The second-order valence-electron chi connectivity index (χ2n) is 36.5. The third kappa shape index (κ3) is 70.6. The van der Waals surface area contributed by atoms with Crippen LogP contribution in [0.1, 0.15) is 12.8 Å². The van der Waals surface area contributed by atoms with E-state index in [9.17, 15) is 0 Å². The first kappa shape index (κ1) is 97.6. The zero-order valence-electron chi connectivity index (χ0n) is 66.6. The minimum Gasteiger partial charge on any atom is -0.437 e. The zero-order chi connectivity index (χ0) is 71.4. The lowest BCUT2D eigenvalue weighted by molar-refractivity contribution is 0.0474. The highest BCUT2D eigenvalue weighted by molar-refractivity contribution is 6.91. The minimum absolute atomic E-state index is 0.421. The molecular formula is C54H152O16Si18. The summed E-state index contributed by atoms with van der Waals surface area (Å²) in [7, 11) is -32.9. The summed E-state index contributed by atoms with van der Waals surface area (Å²) in [6, 6.07) is 1.97. The van der Waals surface area contributed by atoms with Crippen molar-refractivity contribution in [3.8, 4) is 0 Å². The van der Waals surface area contributed by atoms with E-state index in [1.54, 1.807) is 0 Å². The summed E-state index contributed by atoms with van der Waals surface area (Å²) in [5.41, 5.74) is 0. The van der Waals surface area contributed by atoms with Gasteiger partial charge in [-0.1, -0.05) is 0 Å².